The predicted molar refractivity (Wildman–Crippen MR) is 61.3 cm³/mol. The van der Waals surface area contributed by atoms with Gasteiger partial charge in [-0.1, -0.05) is 20.8 Å². The molecular formula is C13H25N. The molecule has 1 aliphatic heterocycles. The minimum Gasteiger partial charge on any atom is -0.298 e. The van der Waals surface area contributed by atoms with Crippen molar-refractivity contribution in [1.29, 1.82) is 0 Å². The van der Waals surface area contributed by atoms with Gasteiger partial charge in [0.05, 0.1) is 0 Å². The van der Waals surface area contributed by atoms with Crippen LogP contribution in [0.25, 0.3) is 0 Å². The number of likely N-dealkylation sites (tertiary alicyclic amines) is 1. The summed E-state index contributed by atoms with van der Waals surface area (Å²) in [5.74, 6) is -5.21. The molecule has 1 saturated heterocycles. The molecule has 2 rings (SSSR count). The third kappa shape index (κ3) is 1.60. The van der Waals surface area contributed by atoms with E-state index in [-0.39, 0.29) is 0 Å². The average molecular weight is 204 g/mol. The second-order valence-electron chi connectivity index (χ2n) is 5.17. The van der Waals surface area contributed by atoms with Crippen molar-refractivity contribution < 1.29 is 12.3 Å². The number of piperidine rings is 1. The third-order valence-electron chi connectivity index (χ3n) is 2.48. The fourth-order valence-corrected chi connectivity index (χ4v) is 1.72. The molecule has 1 unspecified atom stereocenters. The Kier molecular flexibility index (Phi) is 0.942. The number of nitrogens with zero attached hydrogens (tertiary/aromatic N) is 1. The normalized spacial score (nSPS) is 74.6. The van der Waals surface area contributed by atoms with Crippen molar-refractivity contribution in [3.05, 3.63) is 0 Å². The Labute approximate surface area is 102 Å². The highest BCUT2D eigenvalue weighted by Gasteiger charge is 2.48. The van der Waals surface area contributed by atoms with Gasteiger partial charge in [0.1, 0.15) is 0 Å². The van der Waals surface area contributed by atoms with Gasteiger partial charge in [0.25, 0.3) is 0 Å². The number of fused-ring (bicyclic) bond motifs is 2. The molecule has 2 bridgehead atoms. The smallest absolute Gasteiger partial charge is 0.0467 e. The first-order chi connectivity index (χ1) is 9.82. The van der Waals surface area contributed by atoms with E-state index < -0.39 is 48.5 Å². The first-order valence-electron chi connectivity index (χ1n) is 9.61. The van der Waals surface area contributed by atoms with Crippen LogP contribution in [0.15, 0.2) is 0 Å². The van der Waals surface area contributed by atoms with Gasteiger partial charge < -0.3 is 0 Å². The molecule has 0 N–H and O–H groups in total. The van der Waals surface area contributed by atoms with Crippen LogP contribution in [0, 0.1) is 17.2 Å². The summed E-state index contributed by atoms with van der Waals surface area (Å²) in [5, 5.41) is 0. The van der Waals surface area contributed by atoms with Crippen molar-refractivity contribution in [3.63, 3.8) is 0 Å². The maximum atomic E-state index is 8.80. The van der Waals surface area contributed by atoms with Gasteiger partial charge in [-0.25, -0.2) is 0 Å². The van der Waals surface area contributed by atoms with E-state index in [1.54, 1.807) is 13.8 Å². The molecule has 2 fully saturated rings. The molecule has 82 valence electrons. The molecule has 1 heterocycles. The number of hydrogen-bond acceptors (Lipinski definition) is 1. The van der Waals surface area contributed by atoms with Gasteiger partial charge in [0.2, 0.25) is 0 Å². The average Bonchev–Trinajstić information content (AvgIpc) is 2.45. The van der Waals surface area contributed by atoms with Gasteiger partial charge in [-0.05, 0) is 43.8 Å². The van der Waals surface area contributed by atoms with Crippen molar-refractivity contribution in [2.24, 2.45) is 17.2 Å². The minimum atomic E-state index is -2.87. The standard InChI is InChI=1S/C13H25N/c1-9(2)14-8-10-6-11(14)7-12(10)13(3,4)5/h9-12H,6-8H2,1-5H3/t10-,11-,12?/m1/s1/i6D2,7D2,8D2,10D,11D,12D. The zero-order valence-corrected chi connectivity index (χ0v) is 9.52. The zero-order valence-electron chi connectivity index (χ0n) is 18.5. The monoisotopic (exact) mass is 204 g/mol. The van der Waals surface area contributed by atoms with Crippen LogP contribution in [0.2, 0.25) is 0 Å². The van der Waals surface area contributed by atoms with Gasteiger partial charge in [0, 0.05) is 30.9 Å². The molecule has 3 atom stereocenters. The maximum Gasteiger partial charge on any atom is 0.0467 e. The Hall–Kier alpha value is -0.0400. The van der Waals surface area contributed by atoms with Crippen LogP contribution < -0.4 is 0 Å². The van der Waals surface area contributed by atoms with Crippen molar-refractivity contribution in [2.75, 3.05) is 6.50 Å². The summed E-state index contributed by atoms with van der Waals surface area (Å²) in [6.07, 6.45) is -5.62. The molecule has 1 saturated carbocycles. The lowest BCUT2D eigenvalue weighted by molar-refractivity contribution is 0.0854. The largest absolute Gasteiger partial charge is 0.298 e. The summed E-state index contributed by atoms with van der Waals surface area (Å²) in [7, 11) is 0. The highest BCUT2D eigenvalue weighted by Crippen LogP contribution is 2.50. The first-order valence-corrected chi connectivity index (χ1v) is 5.11. The fourth-order valence-electron chi connectivity index (χ4n) is 1.72. The SMILES string of the molecule is [2H]C1([2H])C([2H])(C(C)(C)C)[C@@]2([2H])C([2H])([2H])N(C(C)C)[C@]1([2H])C2([2H])[2H]. The van der Waals surface area contributed by atoms with Gasteiger partial charge in [0.15, 0.2) is 0 Å². The molecule has 0 radical (unpaired) electrons. The van der Waals surface area contributed by atoms with Crippen molar-refractivity contribution in [3.8, 4) is 0 Å². The summed E-state index contributed by atoms with van der Waals surface area (Å²) in [5.41, 5.74) is -1.25. The predicted octanol–water partition coefficient (Wildman–Crippen LogP) is 3.15. The maximum absolute atomic E-state index is 8.80. The van der Waals surface area contributed by atoms with Gasteiger partial charge in [-0.2, -0.15) is 0 Å². The Morgan fingerprint density at radius 1 is 1.36 bits per heavy atom. The second kappa shape index (κ2) is 3.23. The molecule has 0 aromatic rings. The lowest BCUT2D eigenvalue weighted by atomic mass is 9.74. The topological polar surface area (TPSA) is 3.24 Å². The van der Waals surface area contributed by atoms with Crippen LogP contribution in [-0.4, -0.2) is 23.5 Å². The van der Waals surface area contributed by atoms with Gasteiger partial charge in [-0.3, -0.25) is 4.90 Å². The summed E-state index contributed by atoms with van der Waals surface area (Å²) in [6.45, 7) is 4.95. The number of rotatable bonds is 1. The van der Waals surface area contributed by atoms with E-state index in [1.165, 1.54) is 20.8 Å². The van der Waals surface area contributed by atoms with Crippen molar-refractivity contribution in [1.82, 2.24) is 4.90 Å². The highest BCUT2D eigenvalue weighted by molar-refractivity contribution is 5.01. The molecule has 0 spiro atoms. The summed E-state index contributed by atoms with van der Waals surface area (Å²) in [6, 6.07) is -3.36. The van der Waals surface area contributed by atoms with Crippen LogP contribution in [0.3, 0.4) is 0 Å². The van der Waals surface area contributed by atoms with Crippen LogP contribution in [0.5, 0.6) is 0 Å². The number of hydrogen-bond donors (Lipinski definition) is 0. The molecule has 0 aromatic heterocycles. The quantitative estimate of drug-likeness (QED) is 0.634. The molecule has 14 heavy (non-hydrogen) atoms. The van der Waals surface area contributed by atoms with Gasteiger partial charge in [-0.15, -0.1) is 0 Å². The third-order valence-corrected chi connectivity index (χ3v) is 2.48. The van der Waals surface area contributed by atoms with E-state index in [2.05, 4.69) is 0 Å². The molecule has 0 aromatic carbocycles. The minimum absolute atomic E-state index is 0.690. The molecule has 0 amide bonds. The first kappa shape index (κ1) is 4.08. The molecule has 1 heteroatoms. The summed E-state index contributed by atoms with van der Waals surface area (Å²) < 4.78 is 76.8. The lowest BCUT2D eigenvalue weighted by Gasteiger charge is -2.39. The summed E-state index contributed by atoms with van der Waals surface area (Å²) in [4.78, 5) is 0.811. The van der Waals surface area contributed by atoms with Crippen molar-refractivity contribution in [2.45, 2.75) is 59.4 Å². The lowest BCUT2D eigenvalue weighted by Crippen LogP contribution is -2.42. The zero-order chi connectivity index (χ0) is 18.7. The van der Waals surface area contributed by atoms with E-state index in [0.29, 0.717) is 0 Å². The Balaban J connectivity index is 3.01. The van der Waals surface area contributed by atoms with E-state index in [4.69, 9.17) is 12.3 Å². The van der Waals surface area contributed by atoms with E-state index in [1.807, 2.05) is 0 Å². The molecule has 2 aliphatic rings. The van der Waals surface area contributed by atoms with Crippen LogP contribution in [0.1, 0.15) is 59.7 Å². The molecule has 1 aliphatic carbocycles. The van der Waals surface area contributed by atoms with Crippen LogP contribution in [-0.2, 0) is 0 Å². The van der Waals surface area contributed by atoms with E-state index in [9.17, 15) is 0 Å². The molecule has 1 nitrogen and oxygen atoms in total. The Morgan fingerprint density at radius 2 is 2.00 bits per heavy atom. The molecular weight excluding hydrogens is 170 g/mol. The second-order valence-corrected chi connectivity index (χ2v) is 5.17. The van der Waals surface area contributed by atoms with Crippen LogP contribution >= 0.6 is 0 Å². The van der Waals surface area contributed by atoms with Crippen molar-refractivity contribution >= 4 is 0 Å². The van der Waals surface area contributed by atoms with E-state index in [0.717, 1.165) is 4.90 Å². The summed E-state index contributed by atoms with van der Waals surface area (Å²) >= 11 is 0. The Bertz CT molecular complexity index is 540. The van der Waals surface area contributed by atoms with E-state index >= 15 is 0 Å². The Morgan fingerprint density at radius 3 is 2.50 bits per heavy atom. The highest BCUT2D eigenvalue weighted by atomic mass is 15.2. The van der Waals surface area contributed by atoms with Gasteiger partial charge >= 0.3 is 0 Å². The van der Waals surface area contributed by atoms with Crippen LogP contribution in [0.4, 0.5) is 0 Å². The fraction of sp³-hybridized carbons (Fsp3) is 1.00.